The fourth-order valence-electron chi connectivity index (χ4n) is 4.08. The van der Waals surface area contributed by atoms with Crippen LogP contribution in [-0.4, -0.2) is 44.3 Å². The molecule has 38 heavy (non-hydrogen) atoms. The molecular formula is C29H34FN3O4S. The number of carbonyl (C=O) groups is 2. The number of aryl methyl sites for hydroxylation is 2. The second kappa shape index (κ2) is 12.7. The highest BCUT2D eigenvalue weighted by atomic mass is 32.2. The summed E-state index contributed by atoms with van der Waals surface area (Å²) >= 11 is 0. The van der Waals surface area contributed by atoms with E-state index < -0.39 is 34.3 Å². The first-order valence-electron chi connectivity index (χ1n) is 12.5. The van der Waals surface area contributed by atoms with Gasteiger partial charge in [-0.3, -0.25) is 13.9 Å². The minimum Gasteiger partial charge on any atom is -0.355 e. The Balaban J connectivity index is 2.04. The predicted molar refractivity (Wildman–Crippen MR) is 147 cm³/mol. The molecule has 7 nitrogen and oxygen atoms in total. The van der Waals surface area contributed by atoms with Crippen molar-refractivity contribution in [1.82, 2.24) is 10.2 Å². The first-order chi connectivity index (χ1) is 18.1. The lowest BCUT2D eigenvalue weighted by Crippen LogP contribution is -2.52. The van der Waals surface area contributed by atoms with Crippen LogP contribution in [0.1, 0.15) is 37.0 Å². The van der Waals surface area contributed by atoms with E-state index in [1.165, 1.54) is 17.0 Å². The highest BCUT2D eigenvalue weighted by molar-refractivity contribution is 7.92. The maximum atomic E-state index is 13.9. The van der Waals surface area contributed by atoms with Crippen molar-refractivity contribution in [2.45, 2.75) is 51.6 Å². The van der Waals surface area contributed by atoms with E-state index >= 15 is 0 Å². The number of hydrogen-bond donors (Lipinski definition) is 1. The number of amides is 2. The Kier molecular flexibility index (Phi) is 9.63. The molecule has 0 aliphatic carbocycles. The summed E-state index contributed by atoms with van der Waals surface area (Å²) in [5, 5.41) is 2.78. The minimum atomic E-state index is -4.24. The van der Waals surface area contributed by atoms with Crippen LogP contribution >= 0.6 is 0 Å². The Labute approximate surface area is 224 Å². The average Bonchev–Trinajstić information content (AvgIpc) is 2.89. The molecule has 202 valence electrons. The molecule has 3 rings (SSSR count). The number of nitrogens with one attached hydrogen (secondary N) is 1. The maximum Gasteiger partial charge on any atom is 0.264 e. The molecule has 0 unspecified atom stereocenters. The molecule has 3 aromatic carbocycles. The van der Waals surface area contributed by atoms with Crippen LogP contribution in [0, 0.1) is 19.7 Å². The zero-order valence-electron chi connectivity index (χ0n) is 22.1. The van der Waals surface area contributed by atoms with Crippen LogP contribution < -0.4 is 9.62 Å². The predicted octanol–water partition coefficient (Wildman–Crippen LogP) is 4.58. The number of anilines is 1. The van der Waals surface area contributed by atoms with Gasteiger partial charge in [0.15, 0.2) is 0 Å². The standard InChI is InChI=1S/C29H34FN3O4S/c1-5-27(29(35)31-6-2)32(19-23-11-7-21(3)8-12-23)28(34)20-33(25-15-9-22(4)10-16-25)38(36,37)26-17-13-24(30)14-18-26/h7-18,27H,5-6,19-20H2,1-4H3,(H,31,35)/t27-/m1/s1. The number of rotatable bonds is 11. The molecule has 0 aliphatic heterocycles. The van der Waals surface area contributed by atoms with Crippen LogP contribution in [-0.2, 0) is 26.2 Å². The van der Waals surface area contributed by atoms with E-state index in [9.17, 15) is 22.4 Å². The van der Waals surface area contributed by atoms with E-state index in [1.54, 1.807) is 31.2 Å². The van der Waals surface area contributed by atoms with Gasteiger partial charge in [-0.05, 0) is 69.2 Å². The molecule has 0 saturated carbocycles. The van der Waals surface area contributed by atoms with Gasteiger partial charge in [0.2, 0.25) is 11.8 Å². The lowest BCUT2D eigenvalue weighted by atomic mass is 10.1. The summed E-state index contributed by atoms with van der Waals surface area (Å²) in [6.07, 6.45) is 0.346. The number of nitrogens with zero attached hydrogens (tertiary/aromatic N) is 2. The number of carbonyl (C=O) groups excluding carboxylic acids is 2. The summed E-state index contributed by atoms with van der Waals surface area (Å²) in [6.45, 7) is 7.42. The maximum absolute atomic E-state index is 13.9. The zero-order chi connectivity index (χ0) is 27.9. The zero-order valence-corrected chi connectivity index (χ0v) is 23.0. The normalized spacial score (nSPS) is 12.0. The molecule has 0 radical (unpaired) electrons. The molecule has 9 heteroatoms. The van der Waals surface area contributed by atoms with E-state index in [0.29, 0.717) is 13.0 Å². The number of likely N-dealkylation sites (N-methyl/N-ethyl adjacent to an activating group) is 1. The van der Waals surface area contributed by atoms with E-state index in [2.05, 4.69) is 5.32 Å². The summed E-state index contributed by atoms with van der Waals surface area (Å²) in [6, 6.07) is 18.0. The Hall–Kier alpha value is -3.72. The van der Waals surface area contributed by atoms with E-state index in [0.717, 1.165) is 33.1 Å². The second-order valence-electron chi connectivity index (χ2n) is 9.13. The molecule has 2 amide bonds. The van der Waals surface area contributed by atoms with Gasteiger partial charge in [-0.2, -0.15) is 0 Å². The summed E-state index contributed by atoms with van der Waals surface area (Å²) in [4.78, 5) is 28.1. The van der Waals surface area contributed by atoms with Crippen molar-refractivity contribution in [2.24, 2.45) is 0 Å². The number of halogens is 1. The Morgan fingerprint density at radius 2 is 1.42 bits per heavy atom. The van der Waals surface area contributed by atoms with Crippen molar-refractivity contribution in [3.05, 3.63) is 95.3 Å². The van der Waals surface area contributed by atoms with Crippen LogP contribution in [0.25, 0.3) is 0 Å². The fraction of sp³-hybridized carbons (Fsp3) is 0.310. The molecule has 0 heterocycles. The first-order valence-corrected chi connectivity index (χ1v) is 14.0. The Bertz CT molecular complexity index is 1340. The monoisotopic (exact) mass is 539 g/mol. The number of hydrogen-bond acceptors (Lipinski definition) is 4. The fourth-order valence-corrected chi connectivity index (χ4v) is 5.49. The van der Waals surface area contributed by atoms with Gasteiger partial charge in [0.25, 0.3) is 10.0 Å². The third-order valence-corrected chi connectivity index (χ3v) is 8.00. The van der Waals surface area contributed by atoms with Crippen molar-refractivity contribution in [3.8, 4) is 0 Å². The van der Waals surface area contributed by atoms with Gasteiger partial charge in [-0.15, -0.1) is 0 Å². The highest BCUT2D eigenvalue weighted by Gasteiger charge is 2.33. The summed E-state index contributed by atoms with van der Waals surface area (Å²) in [7, 11) is -4.24. The van der Waals surface area contributed by atoms with Crippen LogP contribution in [0.15, 0.2) is 77.7 Å². The molecule has 0 saturated heterocycles. The lowest BCUT2D eigenvalue weighted by molar-refractivity contribution is -0.140. The lowest BCUT2D eigenvalue weighted by Gasteiger charge is -2.33. The van der Waals surface area contributed by atoms with Crippen molar-refractivity contribution in [1.29, 1.82) is 0 Å². The molecule has 0 aromatic heterocycles. The molecule has 0 bridgehead atoms. The van der Waals surface area contributed by atoms with Gasteiger partial charge in [-0.25, -0.2) is 12.8 Å². The van der Waals surface area contributed by atoms with Gasteiger partial charge >= 0.3 is 0 Å². The number of sulfonamides is 1. The summed E-state index contributed by atoms with van der Waals surface area (Å²) < 4.78 is 42.0. The van der Waals surface area contributed by atoms with Gasteiger partial charge in [0, 0.05) is 13.1 Å². The molecule has 0 spiro atoms. The quantitative estimate of drug-likeness (QED) is 0.387. The average molecular weight is 540 g/mol. The van der Waals surface area contributed by atoms with Gasteiger partial charge in [0.05, 0.1) is 10.6 Å². The largest absolute Gasteiger partial charge is 0.355 e. The third-order valence-electron chi connectivity index (χ3n) is 6.21. The molecular weight excluding hydrogens is 505 g/mol. The van der Waals surface area contributed by atoms with Crippen molar-refractivity contribution >= 4 is 27.5 Å². The smallest absolute Gasteiger partial charge is 0.264 e. The molecule has 1 atom stereocenters. The summed E-state index contributed by atoms with van der Waals surface area (Å²) in [5.74, 6) is -1.41. The van der Waals surface area contributed by atoms with Gasteiger partial charge in [0.1, 0.15) is 18.4 Å². The van der Waals surface area contributed by atoms with Gasteiger partial charge < -0.3 is 10.2 Å². The Morgan fingerprint density at radius 1 is 0.868 bits per heavy atom. The van der Waals surface area contributed by atoms with E-state index in [-0.39, 0.29) is 23.0 Å². The highest BCUT2D eigenvalue weighted by Crippen LogP contribution is 2.25. The minimum absolute atomic E-state index is 0.132. The van der Waals surface area contributed by atoms with E-state index in [1.807, 2.05) is 45.0 Å². The molecule has 0 aliphatic rings. The van der Waals surface area contributed by atoms with Crippen LogP contribution in [0.3, 0.4) is 0 Å². The van der Waals surface area contributed by atoms with Gasteiger partial charge in [-0.1, -0.05) is 54.4 Å². The first kappa shape index (κ1) is 28.8. The van der Waals surface area contributed by atoms with Crippen molar-refractivity contribution in [2.75, 3.05) is 17.4 Å². The van der Waals surface area contributed by atoms with Crippen molar-refractivity contribution in [3.63, 3.8) is 0 Å². The third kappa shape index (κ3) is 6.98. The SMILES string of the molecule is CCNC(=O)[C@@H](CC)N(Cc1ccc(C)cc1)C(=O)CN(c1ccc(C)cc1)S(=O)(=O)c1ccc(F)cc1. The topological polar surface area (TPSA) is 86.8 Å². The Morgan fingerprint density at radius 3 is 1.95 bits per heavy atom. The molecule has 1 N–H and O–H groups in total. The number of benzene rings is 3. The molecule has 0 fully saturated rings. The van der Waals surface area contributed by atoms with Crippen LogP contribution in [0.4, 0.5) is 10.1 Å². The van der Waals surface area contributed by atoms with E-state index in [4.69, 9.17) is 0 Å². The van der Waals surface area contributed by atoms with Crippen LogP contribution in [0.5, 0.6) is 0 Å². The summed E-state index contributed by atoms with van der Waals surface area (Å²) in [5.41, 5.74) is 3.07. The van der Waals surface area contributed by atoms with Crippen LogP contribution in [0.2, 0.25) is 0 Å². The molecule has 3 aromatic rings. The van der Waals surface area contributed by atoms with Crippen molar-refractivity contribution < 1.29 is 22.4 Å². The second-order valence-corrected chi connectivity index (χ2v) is 11.0.